The van der Waals surface area contributed by atoms with Crippen LogP contribution in [0.25, 0.3) is 22.4 Å². The lowest BCUT2D eigenvalue weighted by atomic mass is 10.1. The first-order valence-electron chi connectivity index (χ1n) is 7.55. The second-order valence-corrected chi connectivity index (χ2v) is 5.45. The topological polar surface area (TPSA) is 92.3 Å². The molecule has 0 aliphatic heterocycles. The van der Waals surface area contributed by atoms with Gasteiger partial charge in [-0.05, 0) is 31.5 Å². The second kappa shape index (κ2) is 5.69. The van der Waals surface area contributed by atoms with Crippen LogP contribution in [0.1, 0.15) is 11.4 Å². The van der Waals surface area contributed by atoms with Gasteiger partial charge in [0, 0.05) is 11.8 Å². The molecule has 3 aromatic heterocycles. The van der Waals surface area contributed by atoms with Crippen LogP contribution < -0.4 is 5.32 Å². The number of aromatic nitrogens is 6. The first kappa shape index (κ1) is 14.3. The number of fused-ring (bicyclic) bond motifs is 1. The third-order valence-electron chi connectivity index (χ3n) is 3.68. The van der Waals surface area contributed by atoms with E-state index in [0.717, 1.165) is 22.3 Å². The van der Waals surface area contributed by atoms with Crippen molar-refractivity contribution in [2.45, 2.75) is 13.8 Å². The molecule has 0 spiro atoms. The number of nitrogens with zero attached hydrogens (tertiary/aromatic N) is 5. The Morgan fingerprint density at radius 3 is 2.62 bits per heavy atom. The van der Waals surface area contributed by atoms with E-state index >= 15 is 0 Å². The molecule has 24 heavy (non-hydrogen) atoms. The van der Waals surface area contributed by atoms with Gasteiger partial charge in [-0.2, -0.15) is 4.98 Å². The number of hydrogen-bond donors (Lipinski definition) is 2. The summed E-state index contributed by atoms with van der Waals surface area (Å²) in [5.74, 6) is 2.44. The average Bonchev–Trinajstić information content (AvgIpc) is 3.00. The van der Waals surface area contributed by atoms with Crippen LogP contribution in [-0.2, 0) is 0 Å². The molecule has 2 N–H and O–H groups in total. The molecular formula is C17H15N7. The molecular weight excluding hydrogens is 302 g/mol. The van der Waals surface area contributed by atoms with Crippen LogP contribution in [0.2, 0.25) is 0 Å². The van der Waals surface area contributed by atoms with Crippen molar-refractivity contribution in [1.29, 1.82) is 0 Å². The Morgan fingerprint density at radius 2 is 1.83 bits per heavy atom. The molecule has 0 radical (unpaired) electrons. The fourth-order valence-corrected chi connectivity index (χ4v) is 2.51. The van der Waals surface area contributed by atoms with Gasteiger partial charge in [-0.15, -0.1) is 5.10 Å². The number of nitrogens with one attached hydrogen (secondary N) is 2. The minimum atomic E-state index is 0.465. The van der Waals surface area contributed by atoms with Gasteiger partial charge in [-0.1, -0.05) is 24.3 Å². The molecule has 118 valence electrons. The first-order valence-corrected chi connectivity index (χ1v) is 7.55. The van der Waals surface area contributed by atoms with Crippen molar-refractivity contribution in [3.63, 3.8) is 0 Å². The van der Waals surface area contributed by atoms with E-state index in [1.807, 2.05) is 50.2 Å². The Bertz CT molecular complexity index is 1020. The monoisotopic (exact) mass is 317 g/mol. The zero-order valence-electron chi connectivity index (χ0n) is 13.3. The van der Waals surface area contributed by atoms with Gasteiger partial charge < -0.3 is 5.32 Å². The molecule has 3 heterocycles. The lowest BCUT2D eigenvalue weighted by Crippen LogP contribution is -2.02. The molecule has 0 fully saturated rings. The van der Waals surface area contributed by atoms with Crippen LogP contribution >= 0.6 is 0 Å². The highest BCUT2D eigenvalue weighted by atomic mass is 15.3. The highest BCUT2D eigenvalue weighted by Gasteiger charge is 2.13. The van der Waals surface area contributed by atoms with E-state index in [-0.39, 0.29) is 0 Å². The van der Waals surface area contributed by atoms with Crippen molar-refractivity contribution in [2.24, 2.45) is 0 Å². The number of pyridine rings is 1. The van der Waals surface area contributed by atoms with Crippen molar-refractivity contribution in [2.75, 3.05) is 5.32 Å². The molecule has 4 rings (SSSR count). The Hall–Kier alpha value is -3.35. The van der Waals surface area contributed by atoms with Crippen LogP contribution in [-0.4, -0.2) is 30.1 Å². The van der Waals surface area contributed by atoms with Gasteiger partial charge in [0.25, 0.3) is 0 Å². The van der Waals surface area contributed by atoms with Crippen LogP contribution in [0.5, 0.6) is 0 Å². The lowest BCUT2D eigenvalue weighted by Gasteiger charge is -2.09. The van der Waals surface area contributed by atoms with Crippen molar-refractivity contribution < 1.29 is 0 Å². The average molecular weight is 317 g/mol. The summed E-state index contributed by atoms with van der Waals surface area (Å²) in [7, 11) is 0. The third-order valence-corrected chi connectivity index (χ3v) is 3.68. The quantitative estimate of drug-likeness (QED) is 0.603. The van der Waals surface area contributed by atoms with Crippen LogP contribution in [0.4, 0.5) is 11.8 Å². The molecule has 7 nitrogen and oxygen atoms in total. The summed E-state index contributed by atoms with van der Waals surface area (Å²) in [5.41, 5.74) is 2.70. The largest absolute Gasteiger partial charge is 0.307 e. The SMILES string of the molecule is Cc1nc(Nc2nc(-c3ccccc3C)nc3ncccc23)n[nH]1. The summed E-state index contributed by atoms with van der Waals surface area (Å²) in [6.45, 7) is 3.88. The van der Waals surface area contributed by atoms with Crippen LogP contribution in [0, 0.1) is 13.8 Å². The summed E-state index contributed by atoms with van der Waals surface area (Å²) < 4.78 is 0. The molecule has 0 saturated carbocycles. The van der Waals surface area contributed by atoms with E-state index in [1.165, 1.54) is 0 Å². The van der Waals surface area contributed by atoms with Crippen molar-refractivity contribution in [3.8, 4) is 11.4 Å². The molecule has 0 atom stereocenters. The molecule has 4 aromatic rings. The van der Waals surface area contributed by atoms with E-state index in [2.05, 4.69) is 35.5 Å². The maximum atomic E-state index is 4.68. The predicted molar refractivity (Wildman–Crippen MR) is 91.9 cm³/mol. The van der Waals surface area contributed by atoms with E-state index in [1.54, 1.807) is 6.20 Å². The van der Waals surface area contributed by atoms with Gasteiger partial charge in [0.05, 0.1) is 5.39 Å². The summed E-state index contributed by atoms with van der Waals surface area (Å²) in [4.78, 5) is 17.9. The molecule has 0 aliphatic rings. The maximum absolute atomic E-state index is 4.68. The standard InChI is InChI=1S/C17H15N7/c1-10-6-3-4-7-12(10)15-20-14-13(8-5-9-18-14)16(21-15)22-17-19-11(2)23-24-17/h3-9H,1-2H3,(H2,18,19,20,21,22,23,24). The van der Waals surface area contributed by atoms with Crippen LogP contribution in [0.3, 0.4) is 0 Å². The summed E-state index contributed by atoms with van der Waals surface area (Å²) >= 11 is 0. The van der Waals surface area contributed by atoms with E-state index in [9.17, 15) is 0 Å². The zero-order valence-corrected chi connectivity index (χ0v) is 13.3. The van der Waals surface area contributed by atoms with E-state index in [4.69, 9.17) is 0 Å². The fourth-order valence-electron chi connectivity index (χ4n) is 2.51. The van der Waals surface area contributed by atoms with Gasteiger partial charge in [-0.3, -0.25) is 5.10 Å². The normalized spacial score (nSPS) is 10.9. The van der Waals surface area contributed by atoms with Gasteiger partial charge >= 0.3 is 0 Å². The zero-order chi connectivity index (χ0) is 16.5. The molecule has 7 heteroatoms. The van der Waals surface area contributed by atoms with Crippen LogP contribution in [0.15, 0.2) is 42.6 Å². The molecule has 1 aromatic carbocycles. The van der Waals surface area contributed by atoms with E-state index in [0.29, 0.717) is 23.2 Å². The minimum absolute atomic E-state index is 0.465. The summed E-state index contributed by atoms with van der Waals surface area (Å²) in [6.07, 6.45) is 1.72. The Labute approximate surface area is 138 Å². The number of benzene rings is 1. The number of aromatic amines is 1. The van der Waals surface area contributed by atoms with Gasteiger partial charge in [-0.25, -0.2) is 15.0 Å². The maximum Gasteiger partial charge on any atom is 0.247 e. The molecule has 0 unspecified atom stereocenters. The van der Waals surface area contributed by atoms with Crippen molar-refractivity contribution >= 4 is 22.8 Å². The number of anilines is 2. The number of rotatable bonds is 3. The highest BCUT2D eigenvalue weighted by Crippen LogP contribution is 2.26. The van der Waals surface area contributed by atoms with Gasteiger partial charge in [0.15, 0.2) is 11.5 Å². The van der Waals surface area contributed by atoms with Gasteiger partial charge in [0.1, 0.15) is 11.6 Å². The van der Waals surface area contributed by atoms with Crippen molar-refractivity contribution in [1.82, 2.24) is 30.1 Å². The molecule has 0 amide bonds. The smallest absolute Gasteiger partial charge is 0.247 e. The summed E-state index contributed by atoms with van der Waals surface area (Å²) in [6, 6.07) is 11.8. The van der Waals surface area contributed by atoms with E-state index < -0.39 is 0 Å². The Kier molecular flexibility index (Phi) is 3.38. The fraction of sp³-hybridized carbons (Fsp3) is 0.118. The van der Waals surface area contributed by atoms with Gasteiger partial charge in [0.2, 0.25) is 5.95 Å². The third kappa shape index (κ3) is 2.56. The minimum Gasteiger partial charge on any atom is -0.307 e. The number of aryl methyl sites for hydroxylation is 2. The first-order chi connectivity index (χ1) is 11.7. The lowest BCUT2D eigenvalue weighted by molar-refractivity contribution is 1.04. The Balaban J connectivity index is 1.89. The molecule has 0 aliphatic carbocycles. The predicted octanol–water partition coefficient (Wildman–Crippen LogP) is 3.17. The summed E-state index contributed by atoms with van der Waals surface area (Å²) in [5, 5.41) is 10.9. The Morgan fingerprint density at radius 1 is 0.958 bits per heavy atom. The highest BCUT2D eigenvalue weighted by molar-refractivity contribution is 5.89. The number of hydrogen-bond acceptors (Lipinski definition) is 6. The molecule has 0 bridgehead atoms. The molecule has 0 saturated heterocycles. The van der Waals surface area contributed by atoms with Crippen molar-refractivity contribution in [3.05, 3.63) is 54.0 Å². The number of H-pyrrole nitrogens is 1. The second-order valence-electron chi connectivity index (χ2n) is 5.45.